The van der Waals surface area contributed by atoms with Crippen LogP contribution in [0.1, 0.15) is 0 Å². The van der Waals surface area contributed by atoms with Crippen LogP contribution in [-0.4, -0.2) is 9.67 Å². The Morgan fingerprint density at radius 1 is 0.909 bits per heavy atom. The maximum Gasteiger partial charge on any atom is 0.123 e. The van der Waals surface area contributed by atoms with Gasteiger partial charge in [0, 0.05) is 34.6 Å². The van der Waals surface area contributed by atoms with Gasteiger partial charge in [0.2, 0.25) is 0 Å². The largest absolute Gasteiger partial charge is 0.507 e. The van der Waals surface area contributed by atoms with E-state index in [0.29, 0.717) is 0 Å². The van der Waals surface area contributed by atoms with Gasteiger partial charge in [-0.25, -0.2) is 0 Å². The van der Waals surface area contributed by atoms with Crippen molar-refractivity contribution in [2.45, 2.75) is 0 Å². The number of nitrogen functional groups attached to an aromatic ring is 1. The first-order valence-electron chi connectivity index (χ1n) is 7.22. The molecule has 0 amide bonds. The maximum atomic E-state index is 10.1. The Kier molecular flexibility index (Phi) is 2.63. The molecule has 0 aliphatic rings. The first-order chi connectivity index (χ1) is 10.7. The van der Waals surface area contributed by atoms with E-state index in [1.54, 1.807) is 6.07 Å². The summed E-state index contributed by atoms with van der Waals surface area (Å²) in [5.41, 5.74) is 11.0. The van der Waals surface area contributed by atoms with Gasteiger partial charge >= 0.3 is 0 Å². The van der Waals surface area contributed by atoms with Crippen molar-refractivity contribution < 1.29 is 5.11 Å². The van der Waals surface area contributed by atoms with E-state index in [4.69, 9.17) is 5.73 Å². The zero-order valence-electron chi connectivity index (χ0n) is 12.2. The van der Waals surface area contributed by atoms with Gasteiger partial charge in [0.1, 0.15) is 5.75 Å². The van der Waals surface area contributed by atoms with E-state index >= 15 is 0 Å². The molecule has 108 valence electrons. The molecule has 0 aliphatic carbocycles. The second-order valence-corrected chi connectivity index (χ2v) is 5.55. The van der Waals surface area contributed by atoms with Gasteiger partial charge in [-0.3, -0.25) is 0 Å². The molecule has 0 fully saturated rings. The fourth-order valence-corrected chi connectivity index (χ4v) is 3.19. The molecule has 4 rings (SSSR count). The molecule has 0 unspecified atom stereocenters. The molecule has 4 aromatic rings. The quantitative estimate of drug-likeness (QED) is 0.513. The summed E-state index contributed by atoms with van der Waals surface area (Å²) in [7, 11) is 2.04. The summed E-state index contributed by atoms with van der Waals surface area (Å²) >= 11 is 0. The number of anilines is 1. The lowest BCUT2D eigenvalue weighted by Gasteiger charge is -2.08. The molecule has 0 bridgehead atoms. The summed E-state index contributed by atoms with van der Waals surface area (Å²) in [4.78, 5) is 0. The van der Waals surface area contributed by atoms with Crippen LogP contribution in [0.4, 0.5) is 5.69 Å². The minimum absolute atomic E-state index is 0.264. The number of fused-ring (bicyclic) bond motifs is 3. The number of phenolic OH excluding ortho intramolecular Hbond substituents is 1. The second kappa shape index (κ2) is 4.53. The number of aromatic hydroxyl groups is 1. The molecule has 0 atom stereocenters. The highest BCUT2D eigenvalue weighted by Gasteiger charge is 2.13. The summed E-state index contributed by atoms with van der Waals surface area (Å²) in [5.74, 6) is 0.264. The lowest BCUT2D eigenvalue weighted by molar-refractivity contribution is 0.477. The Balaban J connectivity index is 2.11. The van der Waals surface area contributed by atoms with Crippen LogP contribution in [0.25, 0.3) is 32.9 Å². The average Bonchev–Trinajstić information content (AvgIpc) is 2.82. The van der Waals surface area contributed by atoms with Gasteiger partial charge in [0.05, 0.1) is 5.52 Å². The highest BCUT2D eigenvalue weighted by atomic mass is 16.3. The number of aromatic nitrogens is 1. The molecule has 3 heteroatoms. The molecular formula is C19H16N2O. The number of phenols is 1. The molecule has 3 nitrogen and oxygen atoms in total. The fraction of sp³-hybridized carbons (Fsp3) is 0.0526. The lowest BCUT2D eigenvalue weighted by Crippen LogP contribution is -1.91. The van der Waals surface area contributed by atoms with Crippen LogP contribution in [0.5, 0.6) is 5.75 Å². The van der Waals surface area contributed by atoms with E-state index in [9.17, 15) is 5.11 Å². The monoisotopic (exact) mass is 288 g/mol. The molecule has 1 heterocycles. The van der Waals surface area contributed by atoms with Crippen LogP contribution in [0.2, 0.25) is 0 Å². The Labute approximate surface area is 128 Å². The number of hydrogen-bond acceptors (Lipinski definition) is 2. The van der Waals surface area contributed by atoms with Crippen molar-refractivity contribution in [1.82, 2.24) is 4.57 Å². The van der Waals surface area contributed by atoms with E-state index in [-0.39, 0.29) is 5.75 Å². The van der Waals surface area contributed by atoms with E-state index in [2.05, 4.69) is 22.8 Å². The summed E-state index contributed by atoms with van der Waals surface area (Å²) in [6.45, 7) is 0. The second-order valence-electron chi connectivity index (χ2n) is 5.55. The van der Waals surface area contributed by atoms with Crippen molar-refractivity contribution in [2.75, 3.05) is 5.73 Å². The summed E-state index contributed by atoms with van der Waals surface area (Å²) < 4.78 is 2.14. The Bertz CT molecular complexity index is 1010. The lowest BCUT2D eigenvalue weighted by atomic mass is 10.0. The van der Waals surface area contributed by atoms with Gasteiger partial charge in [-0.2, -0.15) is 0 Å². The fourth-order valence-electron chi connectivity index (χ4n) is 3.19. The van der Waals surface area contributed by atoms with E-state index in [1.165, 1.54) is 0 Å². The Morgan fingerprint density at radius 2 is 1.64 bits per heavy atom. The van der Waals surface area contributed by atoms with Crippen molar-refractivity contribution in [3.05, 3.63) is 60.7 Å². The normalized spacial score (nSPS) is 11.3. The predicted molar refractivity (Wildman–Crippen MR) is 91.9 cm³/mol. The Hall–Kier alpha value is -2.94. The molecule has 3 N–H and O–H groups in total. The Morgan fingerprint density at radius 3 is 2.45 bits per heavy atom. The van der Waals surface area contributed by atoms with Crippen LogP contribution in [0, 0.1) is 0 Å². The highest BCUT2D eigenvalue weighted by Crippen LogP contribution is 2.38. The summed E-state index contributed by atoms with van der Waals surface area (Å²) in [6, 6.07) is 19.6. The SMILES string of the molecule is Cn1c2ccccc2c2c(N)cc(-c3ccccc3O)cc21. The van der Waals surface area contributed by atoms with Gasteiger partial charge in [0.25, 0.3) is 0 Å². The zero-order valence-corrected chi connectivity index (χ0v) is 12.2. The van der Waals surface area contributed by atoms with E-state index < -0.39 is 0 Å². The highest BCUT2D eigenvalue weighted by molar-refractivity contribution is 6.14. The van der Waals surface area contributed by atoms with Crippen LogP contribution >= 0.6 is 0 Å². The van der Waals surface area contributed by atoms with Crippen molar-refractivity contribution in [3.63, 3.8) is 0 Å². The average molecular weight is 288 g/mol. The van der Waals surface area contributed by atoms with Crippen LogP contribution in [0.3, 0.4) is 0 Å². The summed E-state index contributed by atoms with van der Waals surface area (Å²) in [6.07, 6.45) is 0. The van der Waals surface area contributed by atoms with Crippen molar-refractivity contribution in [1.29, 1.82) is 0 Å². The smallest absolute Gasteiger partial charge is 0.123 e. The molecule has 0 aliphatic heterocycles. The first-order valence-corrected chi connectivity index (χ1v) is 7.22. The third-order valence-corrected chi connectivity index (χ3v) is 4.26. The number of hydrogen-bond donors (Lipinski definition) is 2. The first kappa shape index (κ1) is 12.8. The predicted octanol–water partition coefficient (Wildman–Crippen LogP) is 4.29. The van der Waals surface area contributed by atoms with Gasteiger partial charge in [-0.15, -0.1) is 0 Å². The molecule has 22 heavy (non-hydrogen) atoms. The molecule has 3 aromatic carbocycles. The number of para-hydroxylation sites is 2. The minimum Gasteiger partial charge on any atom is -0.507 e. The number of rotatable bonds is 1. The van der Waals surface area contributed by atoms with Crippen molar-refractivity contribution >= 4 is 27.5 Å². The van der Waals surface area contributed by atoms with Gasteiger partial charge < -0.3 is 15.4 Å². The third-order valence-electron chi connectivity index (χ3n) is 4.26. The molecular weight excluding hydrogens is 272 g/mol. The molecule has 0 saturated heterocycles. The van der Waals surface area contributed by atoms with Gasteiger partial charge in [-0.1, -0.05) is 36.4 Å². The molecule has 0 radical (unpaired) electrons. The van der Waals surface area contributed by atoms with Crippen molar-refractivity contribution in [2.24, 2.45) is 7.05 Å². The van der Waals surface area contributed by atoms with Crippen LogP contribution in [0.15, 0.2) is 60.7 Å². The number of nitrogens with two attached hydrogens (primary N) is 1. The van der Waals surface area contributed by atoms with Crippen molar-refractivity contribution in [3.8, 4) is 16.9 Å². The topological polar surface area (TPSA) is 51.2 Å². The van der Waals surface area contributed by atoms with Crippen LogP contribution in [-0.2, 0) is 7.05 Å². The maximum absolute atomic E-state index is 10.1. The van der Waals surface area contributed by atoms with E-state index in [1.807, 2.05) is 43.4 Å². The zero-order chi connectivity index (χ0) is 15.3. The molecule has 1 aromatic heterocycles. The van der Waals surface area contributed by atoms with Crippen LogP contribution < -0.4 is 5.73 Å². The number of nitrogens with zero attached hydrogens (tertiary/aromatic N) is 1. The summed E-state index contributed by atoms with van der Waals surface area (Å²) in [5, 5.41) is 12.3. The standard InChI is InChI=1S/C19H16N2O/c1-21-16-8-4-2-7-14(16)19-15(20)10-12(11-17(19)21)13-6-3-5-9-18(13)22/h2-11,22H,20H2,1H3. The third kappa shape index (κ3) is 1.69. The van der Waals surface area contributed by atoms with Gasteiger partial charge in [-0.05, 0) is 29.8 Å². The molecule has 0 saturated carbocycles. The van der Waals surface area contributed by atoms with Gasteiger partial charge in [0.15, 0.2) is 0 Å². The van der Waals surface area contributed by atoms with E-state index in [0.717, 1.165) is 38.6 Å². The molecule has 0 spiro atoms. The number of benzene rings is 3. The minimum atomic E-state index is 0.264. The number of aryl methyl sites for hydroxylation is 1.